The zero-order valence-electron chi connectivity index (χ0n) is 9.99. The lowest BCUT2D eigenvalue weighted by Crippen LogP contribution is -2.39. The maximum Gasteiger partial charge on any atom is 0.0226 e. The normalized spacial score (nSPS) is 29.5. The van der Waals surface area contributed by atoms with E-state index in [4.69, 9.17) is 0 Å². The molecule has 2 heterocycles. The second-order valence-electron chi connectivity index (χ2n) is 4.87. The number of hydrogen-bond acceptors (Lipinski definition) is 2. The lowest BCUT2D eigenvalue weighted by atomic mass is 10.2. The van der Waals surface area contributed by atoms with Gasteiger partial charge in [-0.15, -0.1) is 0 Å². The number of rotatable bonds is 4. The minimum Gasteiger partial charge on any atom is -0.302 e. The molecule has 0 bridgehead atoms. The van der Waals surface area contributed by atoms with E-state index in [1.54, 1.807) is 0 Å². The second-order valence-corrected chi connectivity index (χ2v) is 4.87. The van der Waals surface area contributed by atoms with Gasteiger partial charge >= 0.3 is 0 Å². The Hall–Kier alpha value is -0.340. The highest BCUT2D eigenvalue weighted by Crippen LogP contribution is 2.19. The first-order valence-corrected chi connectivity index (χ1v) is 6.47. The molecule has 0 aliphatic carbocycles. The topological polar surface area (TPSA) is 6.48 Å². The van der Waals surface area contributed by atoms with Crippen LogP contribution in [-0.4, -0.2) is 48.6 Å². The molecule has 15 heavy (non-hydrogen) atoms. The van der Waals surface area contributed by atoms with Crippen molar-refractivity contribution >= 4 is 0 Å². The van der Waals surface area contributed by atoms with Gasteiger partial charge in [0.2, 0.25) is 0 Å². The predicted octanol–water partition coefficient (Wildman–Crippen LogP) is 2.12. The third kappa shape index (κ3) is 3.05. The van der Waals surface area contributed by atoms with Gasteiger partial charge in [-0.1, -0.05) is 12.2 Å². The lowest BCUT2D eigenvalue weighted by Gasteiger charge is -2.27. The Kier molecular flexibility index (Phi) is 4.21. The lowest BCUT2D eigenvalue weighted by molar-refractivity contribution is 0.205. The summed E-state index contributed by atoms with van der Waals surface area (Å²) in [5, 5.41) is 0. The van der Waals surface area contributed by atoms with Gasteiger partial charge in [0, 0.05) is 19.1 Å². The summed E-state index contributed by atoms with van der Waals surface area (Å²) in [6, 6.07) is 0.833. The highest BCUT2D eigenvalue weighted by Gasteiger charge is 2.26. The van der Waals surface area contributed by atoms with Crippen LogP contribution in [0.25, 0.3) is 0 Å². The Balaban J connectivity index is 1.78. The van der Waals surface area contributed by atoms with Crippen molar-refractivity contribution in [3.63, 3.8) is 0 Å². The smallest absolute Gasteiger partial charge is 0.0226 e. The van der Waals surface area contributed by atoms with E-state index in [0.29, 0.717) is 0 Å². The van der Waals surface area contributed by atoms with Crippen LogP contribution in [0.1, 0.15) is 32.6 Å². The van der Waals surface area contributed by atoms with Crippen LogP contribution in [0.3, 0.4) is 0 Å². The van der Waals surface area contributed by atoms with Crippen LogP contribution >= 0.6 is 0 Å². The van der Waals surface area contributed by atoms with E-state index in [-0.39, 0.29) is 0 Å². The minimum atomic E-state index is 0.833. The van der Waals surface area contributed by atoms with Crippen LogP contribution in [0, 0.1) is 0 Å². The molecule has 0 saturated carbocycles. The van der Waals surface area contributed by atoms with Crippen LogP contribution in [0.15, 0.2) is 12.2 Å². The highest BCUT2D eigenvalue weighted by atomic mass is 15.2. The van der Waals surface area contributed by atoms with Crippen molar-refractivity contribution in [3.8, 4) is 0 Å². The fraction of sp³-hybridized carbons (Fsp3) is 0.846. The molecule has 2 nitrogen and oxygen atoms in total. The summed E-state index contributed by atoms with van der Waals surface area (Å²) in [4.78, 5) is 5.30. The molecule has 1 atom stereocenters. The molecule has 0 unspecified atom stereocenters. The number of allylic oxidation sites excluding steroid dienone is 1. The SMILES string of the molecule is C/C=C/CN1CCC[C@H]1CN1CCCC1. The minimum absolute atomic E-state index is 0.833. The number of likely N-dealkylation sites (tertiary alicyclic amines) is 2. The summed E-state index contributed by atoms with van der Waals surface area (Å²) in [5.74, 6) is 0. The summed E-state index contributed by atoms with van der Waals surface area (Å²) in [7, 11) is 0. The number of hydrogen-bond donors (Lipinski definition) is 0. The molecule has 0 radical (unpaired) electrons. The second kappa shape index (κ2) is 5.66. The van der Waals surface area contributed by atoms with Gasteiger partial charge in [0.05, 0.1) is 0 Å². The van der Waals surface area contributed by atoms with Gasteiger partial charge in [-0.3, -0.25) is 4.90 Å². The molecule has 2 aliphatic rings. The van der Waals surface area contributed by atoms with Crippen LogP contribution in [0.4, 0.5) is 0 Å². The molecule has 0 aromatic rings. The predicted molar refractivity (Wildman–Crippen MR) is 65.1 cm³/mol. The third-order valence-corrected chi connectivity index (χ3v) is 3.74. The van der Waals surface area contributed by atoms with Crippen LogP contribution in [0.2, 0.25) is 0 Å². The maximum atomic E-state index is 2.65. The van der Waals surface area contributed by atoms with E-state index in [1.165, 1.54) is 51.9 Å². The number of nitrogens with zero attached hydrogens (tertiary/aromatic N) is 2. The standard InChI is InChI=1S/C13H24N2/c1-2-3-10-15-11-6-7-13(15)12-14-8-4-5-9-14/h2-3,13H,4-12H2,1H3/b3-2+/t13-/m0/s1. The Morgan fingerprint density at radius 3 is 2.67 bits per heavy atom. The van der Waals surface area contributed by atoms with E-state index in [1.807, 2.05) is 0 Å². The van der Waals surface area contributed by atoms with Crippen LogP contribution in [-0.2, 0) is 0 Å². The molecule has 0 aromatic carbocycles. The molecular weight excluding hydrogens is 184 g/mol. The van der Waals surface area contributed by atoms with Gasteiger partial charge in [-0.05, 0) is 52.2 Å². The molecule has 2 aliphatic heterocycles. The van der Waals surface area contributed by atoms with Gasteiger partial charge in [0.1, 0.15) is 0 Å². The Labute approximate surface area is 93.9 Å². The maximum absolute atomic E-state index is 2.65. The van der Waals surface area contributed by atoms with E-state index < -0.39 is 0 Å². The molecule has 0 spiro atoms. The van der Waals surface area contributed by atoms with Gasteiger partial charge in [0.25, 0.3) is 0 Å². The van der Waals surface area contributed by atoms with Crippen molar-refractivity contribution < 1.29 is 0 Å². The monoisotopic (exact) mass is 208 g/mol. The van der Waals surface area contributed by atoms with E-state index in [2.05, 4.69) is 28.9 Å². The first kappa shape index (κ1) is 11.2. The van der Waals surface area contributed by atoms with Crippen LogP contribution < -0.4 is 0 Å². The van der Waals surface area contributed by atoms with E-state index in [9.17, 15) is 0 Å². The molecule has 0 amide bonds. The largest absolute Gasteiger partial charge is 0.302 e. The van der Waals surface area contributed by atoms with Crippen LogP contribution in [0.5, 0.6) is 0 Å². The average molecular weight is 208 g/mol. The molecule has 2 heteroatoms. The summed E-state index contributed by atoms with van der Waals surface area (Å²) in [5.41, 5.74) is 0. The fourth-order valence-corrected chi connectivity index (χ4v) is 2.85. The summed E-state index contributed by atoms with van der Waals surface area (Å²) in [6.45, 7) is 8.59. The molecule has 0 aromatic heterocycles. The zero-order valence-corrected chi connectivity index (χ0v) is 9.99. The van der Waals surface area contributed by atoms with Crippen molar-refractivity contribution in [2.45, 2.75) is 38.6 Å². The summed E-state index contributed by atoms with van der Waals surface area (Å²) >= 11 is 0. The third-order valence-electron chi connectivity index (χ3n) is 3.74. The van der Waals surface area contributed by atoms with Crippen molar-refractivity contribution in [3.05, 3.63) is 12.2 Å². The van der Waals surface area contributed by atoms with Gasteiger partial charge < -0.3 is 4.90 Å². The highest BCUT2D eigenvalue weighted by molar-refractivity contribution is 4.89. The van der Waals surface area contributed by atoms with Crippen molar-refractivity contribution in [2.75, 3.05) is 32.7 Å². The van der Waals surface area contributed by atoms with Crippen molar-refractivity contribution in [1.29, 1.82) is 0 Å². The first-order valence-electron chi connectivity index (χ1n) is 6.47. The molecule has 0 N–H and O–H groups in total. The zero-order chi connectivity index (χ0) is 10.5. The summed E-state index contributed by atoms with van der Waals surface area (Å²) in [6.07, 6.45) is 10.1. The first-order chi connectivity index (χ1) is 7.40. The van der Waals surface area contributed by atoms with Crippen molar-refractivity contribution in [2.24, 2.45) is 0 Å². The summed E-state index contributed by atoms with van der Waals surface area (Å²) < 4.78 is 0. The molecule has 86 valence electrons. The molecule has 2 saturated heterocycles. The molecular formula is C13H24N2. The van der Waals surface area contributed by atoms with Gasteiger partial charge in [0.15, 0.2) is 0 Å². The van der Waals surface area contributed by atoms with E-state index >= 15 is 0 Å². The molecule has 2 rings (SSSR count). The Morgan fingerprint density at radius 1 is 1.13 bits per heavy atom. The quantitative estimate of drug-likeness (QED) is 0.653. The van der Waals surface area contributed by atoms with E-state index in [0.717, 1.165) is 12.6 Å². The van der Waals surface area contributed by atoms with Crippen molar-refractivity contribution in [1.82, 2.24) is 9.80 Å². The Bertz CT molecular complexity index is 207. The average Bonchev–Trinajstić information content (AvgIpc) is 2.87. The van der Waals surface area contributed by atoms with Gasteiger partial charge in [-0.2, -0.15) is 0 Å². The van der Waals surface area contributed by atoms with Gasteiger partial charge in [-0.25, -0.2) is 0 Å². The fourth-order valence-electron chi connectivity index (χ4n) is 2.85. The Morgan fingerprint density at radius 2 is 1.93 bits per heavy atom. The molecule has 2 fully saturated rings.